The highest BCUT2D eigenvalue weighted by Gasteiger charge is 2.28. The average Bonchev–Trinajstić information content (AvgIpc) is 3.06. The molecule has 0 unspecified atom stereocenters. The number of urea groups is 1. The molecule has 25 heavy (non-hydrogen) atoms. The number of carbonyl (C=O) groups excluding carboxylic acids is 2. The summed E-state index contributed by atoms with van der Waals surface area (Å²) in [6.07, 6.45) is 2.51. The number of hydrogen-bond acceptors (Lipinski definition) is 3. The Morgan fingerprint density at radius 1 is 1.32 bits per heavy atom. The second-order valence-corrected chi connectivity index (χ2v) is 6.70. The number of hydrogen-bond donors (Lipinski definition) is 1. The molecule has 1 aromatic carbocycles. The van der Waals surface area contributed by atoms with Crippen LogP contribution in [0.3, 0.4) is 0 Å². The van der Waals surface area contributed by atoms with Crippen LogP contribution in [0, 0.1) is 0 Å². The molecule has 2 heterocycles. The molecule has 0 spiro atoms. The highest BCUT2D eigenvalue weighted by molar-refractivity contribution is 5.78. The molecule has 0 saturated carbocycles. The van der Waals surface area contributed by atoms with Crippen LogP contribution in [-0.4, -0.2) is 60.6 Å². The molecule has 0 bridgehead atoms. The molecule has 136 valence electrons. The maximum Gasteiger partial charge on any atom is 0.318 e. The summed E-state index contributed by atoms with van der Waals surface area (Å²) in [5.41, 5.74) is 1.02. The van der Waals surface area contributed by atoms with Gasteiger partial charge < -0.3 is 19.9 Å². The van der Waals surface area contributed by atoms with Crippen LogP contribution in [0.25, 0.3) is 0 Å². The van der Waals surface area contributed by atoms with Gasteiger partial charge in [0, 0.05) is 32.6 Å². The number of benzene rings is 1. The van der Waals surface area contributed by atoms with Gasteiger partial charge in [-0.1, -0.05) is 37.3 Å². The molecule has 0 aliphatic carbocycles. The zero-order valence-electron chi connectivity index (χ0n) is 14.8. The molecule has 0 radical (unpaired) electrons. The number of amides is 3. The number of nitrogens with one attached hydrogen (secondary N) is 1. The fourth-order valence-corrected chi connectivity index (χ4v) is 3.43. The summed E-state index contributed by atoms with van der Waals surface area (Å²) in [5.74, 6) is 0.174. The molecule has 2 aliphatic heterocycles. The lowest BCUT2D eigenvalue weighted by Crippen LogP contribution is -2.51. The molecule has 3 rings (SSSR count). The van der Waals surface area contributed by atoms with Gasteiger partial charge >= 0.3 is 6.03 Å². The fourth-order valence-electron chi connectivity index (χ4n) is 3.43. The maximum absolute atomic E-state index is 12.8. The van der Waals surface area contributed by atoms with E-state index in [0.717, 1.165) is 24.9 Å². The van der Waals surface area contributed by atoms with Crippen LogP contribution in [-0.2, 0) is 9.53 Å². The normalized spacial score (nSPS) is 22.1. The van der Waals surface area contributed by atoms with E-state index in [1.54, 1.807) is 0 Å². The quantitative estimate of drug-likeness (QED) is 0.890. The van der Waals surface area contributed by atoms with Gasteiger partial charge in [0.1, 0.15) is 0 Å². The summed E-state index contributed by atoms with van der Waals surface area (Å²) < 4.78 is 5.64. The van der Waals surface area contributed by atoms with Crippen LogP contribution in [0.15, 0.2) is 30.3 Å². The van der Waals surface area contributed by atoms with Gasteiger partial charge in [-0.15, -0.1) is 0 Å². The van der Waals surface area contributed by atoms with E-state index in [0.29, 0.717) is 32.7 Å². The highest BCUT2D eigenvalue weighted by atomic mass is 16.5. The Morgan fingerprint density at radius 3 is 2.80 bits per heavy atom. The Labute approximate surface area is 149 Å². The topological polar surface area (TPSA) is 61.9 Å². The van der Waals surface area contributed by atoms with Crippen LogP contribution in [0.2, 0.25) is 0 Å². The van der Waals surface area contributed by atoms with Gasteiger partial charge in [0.2, 0.25) is 5.91 Å². The second kappa shape index (κ2) is 8.34. The van der Waals surface area contributed by atoms with Gasteiger partial charge in [0.25, 0.3) is 0 Å². The molecule has 2 saturated heterocycles. The van der Waals surface area contributed by atoms with Gasteiger partial charge in [-0.2, -0.15) is 0 Å². The Hall–Kier alpha value is -2.08. The van der Waals surface area contributed by atoms with Gasteiger partial charge in [0.15, 0.2) is 0 Å². The summed E-state index contributed by atoms with van der Waals surface area (Å²) in [6.45, 7) is 5.16. The van der Waals surface area contributed by atoms with Crippen LogP contribution in [0.4, 0.5) is 4.79 Å². The Bertz CT molecular complexity index is 593. The predicted molar refractivity (Wildman–Crippen MR) is 95.1 cm³/mol. The van der Waals surface area contributed by atoms with Crippen molar-refractivity contribution in [2.24, 2.45) is 0 Å². The highest BCUT2D eigenvalue weighted by Crippen LogP contribution is 2.19. The van der Waals surface area contributed by atoms with E-state index >= 15 is 0 Å². The predicted octanol–water partition coefficient (Wildman–Crippen LogP) is 2.17. The van der Waals surface area contributed by atoms with Crippen molar-refractivity contribution in [1.29, 1.82) is 0 Å². The summed E-state index contributed by atoms with van der Waals surface area (Å²) in [7, 11) is 0. The van der Waals surface area contributed by atoms with Crippen LogP contribution >= 0.6 is 0 Å². The minimum absolute atomic E-state index is 0.0813. The Morgan fingerprint density at radius 2 is 2.12 bits per heavy atom. The third-order valence-corrected chi connectivity index (χ3v) is 4.96. The summed E-state index contributed by atoms with van der Waals surface area (Å²) >= 11 is 0. The van der Waals surface area contributed by atoms with Crippen molar-refractivity contribution >= 4 is 11.9 Å². The van der Waals surface area contributed by atoms with E-state index in [1.807, 2.05) is 40.1 Å². The van der Waals surface area contributed by atoms with Crippen molar-refractivity contribution in [3.8, 4) is 0 Å². The molecule has 1 N–H and O–H groups in total. The second-order valence-electron chi connectivity index (χ2n) is 6.70. The Balaban J connectivity index is 1.68. The zero-order valence-corrected chi connectivity index (χ0v) is 14.8. The first-order valence-corrected chi connectivity index (χ1v) is 9.17. The van der Waals surface area contributed by atoms with Crippen molar-refractivity contribution in [2.45, 2.75) is 38.3 Å². The fraction of sp³-hybridized carbons (Fsp3) is 0.579. The molecule has 2 atom stereocenters. The number of ether oxygens (including phenoxy) is 1. The van der Waals surface area contributed by atoms with Gasteiger partial charge in [-0.25, -0.2) is 4.79 Å². The lowest BCUT2D eigenvalue weighted by atomic mass is 10.1. The van der Waals surface area contributed by atoms with Crippen molar-refractivity contribution in [3.63, 3.8) is 0 Å². The molecule has 0 aromatic heterocycles. The largest absolute Gasteiger partial charge is 0.375 e. The van der Waals surface area contributed by atoms with Crippen molar-refractivity contribution in [3.05, 3.63) is 35.9 Å². The van der Waals surface area contributed by atoms with Crippen LogP contribution < -0.4 is 5.32 Å². The molecule has 6 heteroatoms. The SMILES string of the molecule is CC[C@@H]1CN(C(=O)N[C@@H](CN2CCCC2=O)c2ccccc2)CCO1. The third-order valence-electron chi connectivity index (χ3n) is 4.96. The lowest BCUT2D eigenvalue weighted by molar-refractivity contribution is -0.128. The zero-order chi connectivity index (χ0) is 17.6. The monoisotopic (exact) mass is 345 g/mol. The van der Waals surface area contributed by atoms with Crippen molar-refractivity contribution in [2.75, 3.05) is 32.8 Å². The number of likely N-dealkylation sites (tertiary alicyclic amines) is 1. The molecule has 2 fully saturated rings. The van der Waals surface area contributed by atoms with Crippen LogP contribution in [0.1, 0.15) is 37.8 Å². The third kappa shape index (κ3) is 4.51. The molecule has 3 amide bonds. The number of morpholine rings is 1. The van der Waals surface area contributed by atoms with E-state index in [-0.39, 0.29) is 24.1 Å². The Kier molecular flexibility index (Phi) is 5.91. The summed E-state index contributed by atoms with van der Waals surface area (Å²) in [5, 5.41) is 3.13. The molecular formula is C19H27N3O3. The minimum Gasteiger partial charge on any atom is -0.375 e. The summed E-state index contributed by atoms with van der Waals surface area (Å²) in [6, 6.07) is 9.60. The van der Waals surface area contributed by atoms with Crippen molar-refractivity contribution in [1.82, 2.24) is 15.1 Å². The number of nitrogens with zero attached hydrogens (tertiary/aromatic N) is 2. The standard InChI is InChI=1S/C19H27N3O3/c1-2-16-13-22(11-12-25-16)19(24)20-17(15-7-4-3-5-8-15)14-21-10-6-9-18(21)23/h3-5,7-8,16-17H,2,6,9-14H2,1H3,(H,20,24)/t16-,17+/m1/s1. The van der Waals surface area contributed by atoms with Gasteiger partial charge in [0.05, 0.1) is 18.8 Å². The number of carbonyl (C=O) groups is 2. The minimum atomic E-state index is -0.196. The average molecular weight is 345 g/mol. The smallest absolute Gasteiger partial charge is 0.318 e. The van der Waals surface area contributed by atoms with E-state index in [9.17, 15) is 9.59 Å². The molecule has 2 aliphatic rings. The molecular weight excluding hydrogens is 318 g/mol. The molecule has 6 nitrogen and oxygen atoms in total. The van der Waals surface area contributed by atoms with E-state index < -0.39 is 0 Å². The van der Waals surface area contributed by atoms with Gasteiger partial charge in [-0.3, -0.25) is 4.79 Å². The van der Waals surface area contributed by atoms with E-state index in [4.69, 9.17) is 4.74 Å². The van der Waals surface area contributed by atoms with Crippen LogP contribution in [0.5, 0.6) is 0 Å². The first kappa shape index (κ1) is 17.7. The van der Waals surface area contributed by atoms with Crippen molar-refractivity contribution < 1.29 is 14.3 Å². The van der Waals surface area contributed by atoms with Gasteiger partial charge in [-0.05, 0) is 18.4 Å². The first-order valence-electron chi connectivity index (χ1n) is 9.17. The summed E-state index contributed by atoms with van der Waals surface area (Å²) in [4.78, 5) is 28.4. The van der Waals surface area contributed by atoms with E-state index in [2.05, 4.69) is 12.2 Å². The first-order chi connectivity index (χ1) is 12.2. The lowest BCUT2D eigenvalue weighted by Gasteiger charge is -2.34. The van der Waals surface area contributed by atoms with E-state index in [1.165, 1.54) is 0 Å². The molecule has 1 aromatic rings. The number of rotatable bonds is 5. The maximum atomic E-state index is 12.8.